The number of esters is 1. The number of tetrazole rings is 1. The number of unbranched alkanes of at least 4 members (excludes halogenated alkanes) is 1. The van der Waals surface area contributed by atoms with Gasteiger partial charge in [-0.1, -0.05) is 67.9 Å². The van der Waals surface area contributed by atoms with Crippen molar-refractivity contribution in [1.82, 2.24) is 30.2 Å². The van der Waals surface area contributed by atoms with Crippen LogP contribution in [0.4, 0.5) is 0 Å². The van der Waals surface area contributed by atoms with Gasteiger partial charge in [0.05, 0.1) is 17.4 Å². The third kappa shape index (κ3) is 5.62. The van der Waals surface area contributed by atoms with Crippen molar-refractivity contribution in [3.8, 4) is 22.5 Å². The van der Waals surface area contributed by atoms with E-state index in [4.69, 9.17) is 9.72 Å². The summed E-state index contributed by atoms with van der Waals surface area (Å²) in [6, 6.07) is 21.5. The summed E-state index contributed by atoms with van der Waals surface area (Å²) < 4.78 is 7.09. The zero-order valence-electron chi connectivity index (χ0n) is 22.2. The highest BCUT2D eigenvalue weighted by Crippen LogP contribution is 2.30. The van der Waals surface area contributed by atoms with E-state index in [1.54, 1.807) is 17.6 Å². The van der Waals surface area contributed by atoms with Gasteiger partial charge in [0, 0.05) is 18.9 Å². The van der Waals surface area contributed by atoms with Crippen LogP contribution in [0, 0.1) is 0 Å². The Morgan fingerprint density at radius 3 is 2.51 bits per heavy atom. The van der Waals surface area contributed by atoms with Gasteiger partial charge >= 0.3 is 5.97 Å². The van der Waals surface area contributed by atoms with Gasteiger partial charge in [-0.25, -0.2) is 4.98 Å². The van der Waals surface area contributed by atoms with E-state index in [0.29, 0.717) is 29.7 Å². The van der Waals surface area contributed by atoms with Crippen molar-refractivity contribution in [2.75, 3.05) is 0 Å². The predicted octanol–water partition coefficient (Wildman–Crippen LogP) is 5.26. The molecular weight excluding hydrogens is 492 g/mol. The molecule has 1 atom stereocenters. The Hall–Kier alpha value is -4.66. The van der Waals surface area contributed by atoms with Crippen molar-refractivity contribution in [1.29, 1.82) is 0 Å². The number of nitrogens with one attached hydrogen (secondary N) is 1. The second kappa shape index (κ2) is 11.4. The van der Waals surface area contributed by atoms with Gasteiger partial charge in [-0.15, -0.1) is 10.2 Å². The molecule has 9 heteroatoms. The first kappa shape index (κ1) is 26.0. The number of fused-ring (bicyclic) bond motifs is 1. The third-order valence-corrected chi connectivity index (χ3v) is 6.74. The largest absolute Gasteiger partial charge is 0.458 e. The van der Waals surface area contributed by atoms with Crippen molar-refractivity contribution in [2.45, 2.75) is 52.7 Å². The lowest BCUT2D eigenvalue weighted by molar-refractivity contribution is -0.145. The van der Waals surface area contributed by atoms with E-state index in [9.17, 15) is 9.59 Å². The van der Waals surface area contributed by atoms with Crippen molar-refractivity contribution in [2.24, 2.45) is 0 Å². The zero-order valence-corrected chi connectivity index (χ0v) is 22.2. The average Bonchev–Trinajstić information content (AvgIpc) is 3.48. The lowest BCUT2D eigenvalue weighted by atomic mass is 9.98. The van der Waals surface area contributed by atoms with Crippen LogP contribution < -0.4 is 5.56 Å². The first-order chi connectivity index (χ1) is 18.9. The molecule has 0 bridgehead atoms. The van der Waals surface area contributed by atoms with Crippen LogP contribution in [0.25, 0.3) is 33.4 Å². The molecule has 1 N–H and O–H groups in total. The fourth-order valence-corrected chi connectivity index (χ4v) is 4.72. The number of nitrogens with zero attached hydrogens (tertiary/aromatic N) is 5. The summed E-state index contributed by atoms with van der Waals surface area (Å²) in [6.07, 6.45) is 2.19. The van der Waals surface area contributed by atoms with Gasteiger partial charge in [0.15, 0.2) is 0 Å². The second-order valence-corrected chi connectivity index (χ2v) is 9.53. The molecule has 3 aromatic carbocycles. The van der Waals surface area contributed by atoms with E-state index in [1.165, 1.54) is 6.92 Å². The molecule has 0 saturated heterocycles. The number of benzene rings is 3. The maximum absolute atomic E-state index is 13.8. The molecule has 0 aliphatic carbocycles. The van der Waals surface area contributed by atoms with Crippen molar-refractivity contribution < 1.29 is 9.53 Å². The van der Waals surface area contributed by atoms with Crippen LogP contribution in [0.5, 0.6) is 0 Å². The SMILES string of the molecule is CCCCc1nc2ccc(C(C)OC(C)=O)cc2c(=O)n1Cc1ccc(-c2ccccc2-c2nn[nH]n2)cc1. The predicted molar refractivity (Wildman–Crippen MR) is 149 cm³/mol. The summed E-state index contributed by atoms with van der Waals surface area (Å²) >= 11 is 0. The molecule has 198 valence electrons. The molecule has 9 nitrogen and oxygen atoms in total. The number of hydrogen-bond acceptors (Lipinski definition) is 7. The summed E-state index contributed by atoms with van der Waals surface area (Å²) in [4.78, 5) is 30.1. The Bertz CT molecular complexity index is 1660. The maximum Gasteiger partial charge on any atom is 0.303 e. The molecule has 2 aromatic heterocycles. The van der Waals surface area contributed by atoms with Crippen LogP contribution in [0.3, 0.4) is 0 Å². The Morgan fingerprint density at radius 2 is 1.82 bits per heavy atom. The molecule has 39 heavy (non-hydrogen) atoms. The minimum atomic E-state index is -0.456. The van der Waals surface area contributed by atoms with Gasteiger partial charge < -0.3 is 4.74 Å². The number of aromatic nitrogens is 6. The Morgan fingerprint density at radius 1 is 1.05 bits per heavy atom. The fraction of sp³-hybridized carbons (Fsp3) is 0.267. The minimum absolute atomic E-state index is 0.102. The number of carbonyl (C=O) groups excluding carboxylic acids is 1. The second-order valence-electron chi connectivity index (χ2n) is 9.53. The summed E-state index contributed by atoms with van der Waals surface area (Å²) in [5, 5.41) is 15.0. The van der Waals surface area contributed by atoms with E-state index in [1.807, 2.05) is 60.7 Å². The van der Waals surface area contributed by atoms with Gasteiger partial charge in [0.1, 0.15) is 11.9 Å². The van der Waals surface area contributed by atoms with Crippen molar-refractivity contribution >= 4 is 16.9 Å². The number of rotatable bonds is 9. The summed E-state index contributed by atoms with van der Waals surface area (Å²) in [6.45, 7) is 5.69. The Labute approximate surface area is 225 Å². The van der Waals surface area contributed by atoms with Gasteiger partial charge in [0.25, 0.3) is 5.56 Å². The van der Waals surface area contributed by atoms with Crippen LogP contribution in [0.15, 0.2) is 71.5 Å². The fourth-order valence-electron chi connectivity index (χ4n) is 4.72. The van der Waals surface area contributed by atoms with Crippen LogP contribution >= 0.6 is 0 Å². The molecule has 0 radical (unpaired) electrons. The van der Waals surface area contributed by atoms with Crippen LogP contribution in [-0.2, 0) is 22.5 Å². The van der Waals surface area contributed by atoms with Gasteiger partial charge in [0.2, 0.25) is 5.82 Å². The summed E-state index contributed by atoms with van der Waals surface area (Å²) in [5.74, 6) is 0.935. The molecule has 0 amide bonds. The number of hydrogen-bond donors (Lipinski definition) is 1. The van der Waals surface area contributed by atoms with Crippen LogP contribution in [0.1, 0.15) is 56.7 Å². The quantitative estimate of drug-likeness (QED) is 0.263. The molecule has 0 aliphatic rings. The van der Waals surface area contributed by atoms with E-state index in [-0.39, 0.29) is 11.5 Å². The first-order valence-electron chi connectivity index (χ1n) is 13.1. The van der Waals surface area contributed by atoms with E-state index in [0.717, 1.165) is 46.5 Å². The van der Waals surface area contributed by atoms with E-state index < -0.39 is 6.10 Å². The molecule has 5 rings (SSSR count). The van der Waals surface area contributed by atoms with E-state index in [2.05, 4.69) is 27.5 Å². The zero-order chi connectivity index (χ0) is 27.4. The standard InChI is InChI=1S/C30H30N6O3/c1-4-5-10-28-31-27-16-15-23(19(2)39-20(3)37)17-26(27)30(38)36(28)18-21-11-13-22(14-12-21)24-8-6-7-9-25(24)29-32-34-35-33-29/h6-9,11-17,19H,4-5,10,18H2,1-3H3,(H,32,33,34,35). The molecule has 0 saturated carbocycles. The van der Waals surface area contributed by atoms with Gasteiger partial charge in [-0.3, -0.25) is 14.2 Å². The third-order valence-electron chi connectivity index (χ3n) is 6.74. The molecule has 0 aliphatic heterocycles. The highest BCUT2D eigenvalue weighted by Gasteiger charge is 2.16. The summed E-state index contributed by atoms with van der Waals surface area (Å²) in [7, 11) is 0. The molecule has 1 unspecified atom stereocenters. The smallest absolute Gasteiger partial charge is 0.303 e. The number of H-pyrrole nitrogens is 1. The highest BCUT2D eigenvalue weighted by atomic mass is 16.5. The number of aromatic amines is 1. The molecule has 0 fully saturated rings. The lowest BCUT2D eigenvalue weighted by Gasteiger charge is -2.16. The van der Waals surface area contributed by atoms with E-state index >= 15 is 0 Å². The molecule has 0 spiro atoms. The average molecular weight is 523 g/mol. The highest BCUT2D eigenvalue weighted by molar-refractivity contribution is 5.80. The molecular formula is C30H30N6O3. The van der Waals surface area contributed by atoms with Crippen molar-refractivity contribution in [3.63, 3.8) is 0 Å². The molecule has 2 heterocycles. The first-order valence-corrected chi connectivity index (χ1v) is 13.1. The Balaban J connectivity index is 1.50. The Kier molecular flexibility index (Phi) is 7.58. The van der Waals surface area contributed by atoms with Gasteiger partial charge in [-0.2, -0.15) is 5.21 Å². The lowest BCUT2D eigenvalue weighted by Crippen LogP contribution is -2.26. The topological polar surface area (TPSA) is 116 Å². The van der Waals surface area contributed by atoms with Crippen molar-refractivity contribution in [3.05, 3.63) is 94.0 Å². The monoisotopic (exact) mass is 522 g/mol. The van der Waals surface area contributed by atoms with Crippen LogP contribution in [0.2, 0.25) is 0 Å². The van der Waals surface area contributed by atoms with Gasteiger partial charge in [-0.05, 0) is 52.9 Å². The summed E-state index contributed by atoms with van der Waals surface area (Å²) in [5.41, 5.74) is 5.18. The minimum Gasteiger partial charge on any atom is -0.458 e. The number of aryl methyl sites for hydroxylation is 1. The van der Waals surface area contributed by atoms with Crippen LogP contribution in [-0.4, -0.2) is 36.1 Å². The maximum atomic E-state index is 13.8. The number of carbonyl (C=O) groups is 1. The normalized spacial score (nSPS) is 12.0. The molecule has 5 aromatic rings. The number of ether oxygens (including phenoxy) is 1.